The number of nitrogens with one attached hydrogen (secondary N) is 2. The van der Waals surface area contributed by atoms with Crippen LogP contribution in [0.5, 0.6) is 0 Å². The first-order valence-electron chi connectivity index (χ1n) is 22.1. The lowest BCUT2D eigenvalue weighted by Gasteiger charge is -2.38. The lowest BCUT2D eigenvalue weighted by atomic mass is 9.98. The molecule has 0 saturated carbocycles. The molecule has 7 aromatic carbocycles. The van der Waals surface area contributed by atoms with Crippen LogP contribution in [0.3, 0.4) is 0 Å². The van der Waals surface area contributed by atoms with Crippen LogP contribution in [-0.2, 0) is 57.0 Å². The Morgan fingerprint density at radius 3 is 1.85 bits per heavy atom. The maximum absolute atomic E-state index is 13.7. The van der Waals surface area contributed by atoms with Crippen LogP contribution in [-0.4, -0.2) is 43.0 Å². The van der Waals surface area contributed by atoms with Crippen molar-refractivity contribution in [3.05, 3.63) is 233 Å². The van der Waals surface area contributed by atoms with E-state index in [1.165, 1.54) is 11.1 Å². The first-order valence-corrected chi connectivity index (χ1v) is 23.6. The standard InChI is InChI=1S/C55H55N3O6S/c1-40-20-30-51(31-21-40)65(61,62)57-52(33-41-12-5-2-6-13-41)54(60)56-35-45-18-11-19-49(32-45)46-26-28-48(29-27-46)55-63-50(34-53(64-55)47-24-22-44(39-59)23-25-47)38-58(36-42-14-7-3-8-15-42)37-43-16-9-4-10-17-43/h2-32,50,52-53,55,57,59H,33-39H2,1H3,(H,56,60). The van der Waals surface area contributed by atoms with Gasteiger partial charge in [0.1, 0.15) is 6.04 Å². The van der Waals surface area contributed by atoms with E-state index in [0.29, 0.717) is 13.0 Å². The van der Waals surface area contributed by atoms with Gasteiger partial charge in [-0.2, -0.15) is 4.72 Å². The fraction of sp³-hybridized carbons (Fsp3) is 0.218. The highest BCUT2D eigenvalue weighted by molar-refractivity contribution is 7.89. The smallest absolute Gasteiger partial charge is 0.241 e. The van der Waals surface area contributed by atoms with E-state index in [-0.39, 0.29) is 36.7 Å². The molecule has 0 spiro atoms. The Labute approximate surface area is 382 Å². The van der Waals surface area contributed by atoms with Crippen molar-refractivity contribution < 1.29 is 27.8 Å². The Kier molecular flexibility index (Phi) is 15.1. The highest BCUT2D eigenvalue weighted by Crippen LogP contribution is 2.39. The highest BCUT2D eigenvalue weighted by Gasteiger charge is 2.33. The molecule has 1 aliphatic heterocycles. The average molecular weight is 886 g/mol. The van der Waals surface area contributed by atoms with Crippen molar-refractivity contribution in [3.63, 3.8) is 0 Å². The maximum atomic E-state index is 13.7. The molecule has 0 radical (unpaired) electrons. The molecule has 0 aliphatic carbocycles. The van der Waals surface area contributed by atoms with Crippen LogP contribution in [0, 0.1) is 6.92 Å². The van der Waals surface area contributed by atoms with Gasteiger partial charge in [0.05, 0.1) is 23.7 Å². The molecule has 1 fully saturated rings. The van der Waals surface area contributed by atoms with Gasteiger partial charge in [0.15, 0.2) is 6.29 Å². The molecule has 7 aromatic rings. The summed E-state index contributed by atoms with van der Waals surface area (Å²) in [5, 5.41) is 12.7. The quantitative estimate of drug-likeness (QED) is 0.0786. The third-order valence-corrected chi connectivity index (χ3v) is 13.2. The van der Waals surface area contributed by atoms with Crippen molar-refractivity contribution in [2.45, 2.75) is 75.4 Å². The molecule has 1 heterocycles. The van der Waals surface area contributed by atoms with Crippen molar-refractivity contribution in [2.24, 2.45) is 0 Å². The number of aryl methyl sites for hydroxylation is 1. The van der Waals surface area contributed by atoms with Crippen molar-refractivity contribution in [3.8, 4) is 11.1 Å². The fourth-order valence-corrected chi connectivity index (χ4v) is 9.40. The Hall–Kier alpha value is -6.24. The number of ether oxygens (including phenoxy) is 2. The minimum Gasteiger partial charge on any atom is -0.392 e. The van der Waals surface area contributed by atoms with Gasteiger partial charge < -0.3 is 19.9 Å². The van der Waals surface area contributed by atoms with Crippen molar-refractivity contribution in [1.29, 1.82) is 0 Å². The number of sulfonamides is 1. The molecule has 65 heavy (non-hydrogen) atoms. The van der Waals surface area contributed by atoms with Crippen LogP contribution >= 0.6 is 0 Å². The van der Waals surface area contributed by atoms with Crippen LogP contribution in [0.25, 0.3) is 11.1 Å². The molecule has 3 N–H and O–H groups in total. The molecule has 4 atom stereocenters. The van der Waals surface area contributed by atoms with Gasteiger partial charge in [-0.05, 0) is 76.1 Å². The largest absolute Gasteiger partial charge is 0.392 e. The summed E-state index contributed by atoms with van der Waals surface area (Å²) in [4.78, 5) is 16.3. The number of benzene rings is 7. The monoisotopic (exact) mass is 885 g/mol. The summed E-state index contributed by atoms with van der Waals surface area (Å²) in [7, 11) is -3.97. The van der Waals surface area contributed by atoms with Gasteiger partial charge in [-0.25, -0.2) is 8.42 Å². The average Bonchev–Trinajstić information content (AvgIpc) is 3.34. The number of hydrogen-bond acceptors (Lipinski definition) is 7. The summed E-state index contributed by atoms with van der Waals surface area (Å²) in [6.07, 6.45) is -0.119. The molecule has 1 saturated heterocycles. The number of nitrogens with zero attached hydrogens (tertiary/aromatic N) is 1. The molecule has 10 heteroatoms. The molecule has 1 aliphatic rings. The van der Waals surface area contributed by atoms with E-state index in [9.17, 15) is 18.3 Å². The minimum absolute atomic E-state index is 0.0217. The number of rotatable bonds is 18. The summed E-state index contributed by atoms with van der Waals surface area (Å²) in [6, 6.07) is 60.1. The minimum atomic E-state index is -3.97. The number of amides is 1. The van der Waals surface area contributed by atoms with Gasteiger partial charge in [-0.1, -0.05) is 175 Å². The fourth-order valence-electron chi connectivity index (χ4n) is 8.21. The predicted molar refractivity (Wildman–Crippen MR) is 255 cm³/mol. The van der Waals surface area contributed by atoms with E-state index in [1.807, 2.05) is 110 Å². The highest BCUT2D eigenvalue weighted by atomic mass is 32.2. The van der Waals surface area contributed by atoms with Crippen LogP contribution in [0.1, 0.15) is 63.3 Å². The molecule has 8 rings (SSSR count). The van der Waals surface area contributed by atoms with Crippen molar-refractivity contribution >= 4 is 15.9 Å². The molecule has 0 aromatic heterocycles. The molecule has 9 nitrogen and oxygen atoms in total. The van der Waals surface area contributed by atoms with Crippen LogP contribution in [0.2, 0.25) is 0 Å². The zero-order valence-corrected chi connectivity index (χ0v) is 37.3. The van der Waals surface area contributed by atoms with E-state index in [0.717, 1.165) is 57.6 Å². The topological polar surface area (TPSA) is 117 Å². The Morgan fingerprint density at radius 2 is 1.23 bits per heavy atom. The lowest BCUT2D eigenvalue weighted by molar-refractivity contribution is -0.253. The molecule has 1 amide bonds. The van der Waals surface area contributed by atoms with E-state index in [4.69, 9.17) is 9.47 Å². The molecular weight excluding hydrogens is 831 g/mol. The first-order chi connectivity index (χ1) is 31.7. The lowest BCUT2D eigenvalue weighted by Crippen LogP contribution is -2.47. The number of carbonyl (C=O) groups is 1. The van der Waals surface area contributed by atoms with E-state index >= 15 is 0 Å². The second kappa shape index (κ2) is 21.6. The van der Waals surface area contributed by atoms with Gasteiger partial charge in [-0.3, -0.25) is 9.69 Å². The number of aliphatic hydroxyl groups excluding tert-OH is 1. The number of hydrogen-bond donors (Lipinski definition) is 3. The van der Waals surface area contributed by atoms with E-state index in [1.54, 1.807) is 24.3 Å². The second-order valence-electron chi connectivity index (χ2n) is 16.7. The predicted octanol–water partition coefficient (Wildman–Crippen LogP) is 9.61. The van der Waals surface area contributed by atoms with Crippen LogP contribution in [0.4, 0.5) is 0 Å². The maximum Gasteiger partial charge on any atom is 0.241 e. The summed E-state index contributed by atoms with van der Waals surface area (Å²) in [5.41, 5.74) is 9.84. The van der Waals surface area contributed by atoms with Crippen LogP contribution < -0.4 is 10.0 Å². The van der Waals surface area contributed by atoms with Gasteiger partial charge in [0.2, 0.25) is 15.9 Å². The van der Waals surface area contributed by atoms with E-state index < -0.39 is 28.3 Å². The molecule has 4 unspecified atom stereocenters. The Balaban J connectivity index is 0.973. The van der Waals surface area contributed by atoms with Gasteiger partial charge in [0, 0.05) is 38.2 Å². The Bertz CT molecular complexity index is 2660. The normalized spacial score (nSPS) is 16.8. The van der Waals surface area contributed by atoms with Crippen molar-refractivity contribution in [1.82, 2.24) is 14.9 Å². The van der Waals surface area contributed by atoms with E-state index in [2.05, 4.69) is 75.6 Å². The van der Waals surface area contributed by atoms with Gasteiger partial charge in [0.25, 0.3) is 0 Å². The van der Waals surface area contributed by atoms with Crippen molar-refractivity contribution in [2.75, 3.05) is 6.54 Å². The summed E-state index contributed by atoms with van der Waals surface area (Å²) in [5.74, 6) is -0.420. The second-order valence-corrected chi connectivity index (χ2v) is 18.4. The third kappa shape index (κ3) is 12.5. The Morgan fingerprint density at radius 1 is 0.646 bits per heavy atom. The SMILES string of the molecule is Cc1ccc(S(=O)(=O)NC(Cc2ccccc2)C(=O)NCc2cccc(-c3ccc(C4OC(CN(Cc5ccccc5)Cc5ccccc5)CC(c5ccc(CO)cc5)O4)cc3)c2)cc1. The van der Waals surface area contributed by atoms with Gasteiger partial charge in [-0.15, -0.1) is 0 Å². The first kappa shape index (κ1) is 45.3. The molecule has 332 valence electrons. The molecule has 0 bridgehead atoms. The summed E-state index contributed by atoms with van der Waals surface area (Å²) < 4.78 is 43.0. The summed E-state index contributed by atoms with van der Waals surface area (Å²) in [6.45, 7) is 4.32. The number of aliphatic hydroxyl groups is 1. The molecular formula is C55H55N3O6S. The number of carbonyl (C=O) groups excluding carboxylic acids is 1. The zero-order valence-electron chi connectivity index (χ0n) is 36.5. The summed E-state index contributed by atoms with van der Waals surface area (Å²) >= 11 is 0. The van der Waals surface area contributed by atoms with Crippen LogP contribution in [0.15, 0.2) is 193 Å². The van der Waals surface area contributed by atoms with Gasteiger partial charge >= 0.3 is 0 Å². The zero-order chi connectivity index (χ0) is 45.0. The third-order valence-electron chi connectivity index (χ3n) is 11.7.